The van der Waals surface area contributed by atoms with Crippen molar-refractivity contribution in [3.05, 3.63) is 68.2 Å². The smallest absolute Gasteiger partial charge is 0.0603 e. The van der Waals surface area contributed by atoms with Crippen LogP contribution in [0.1, 0.15) is 33.9 Å². The lowest BCUT2D eigenvalue weighted by Crippen LogP contribution is -2.19. The van der Waals surface area contributed by atoms with Gasteiger partial charge in [-0.25, -0.2) is 0 Å². The maximum Gasteiger partial charge on any atom is 0.0603 e. The van der Waals surface area contributed by atoms with E-state index in [1.54, 1.807) is 0 Å². The first-order valence-electron chi connectivity index (χ1n) is 6.64. The maximum atomic E-state index is 6.43. The van der Waals surface area contributed by atoms with Crippen LogP contribution in [0.15, 0.2) is 30.3 Å². The van der Waals surface area contributed by atoms with E-state index < -0.39 is 0 Å². The van der Waals surface area contributed by atoms with E-state index in [1.165, 1.54) is 11.1 Å². The summed E-state index contributed by atoms with van der Waals surface area (Å²) < 4.78 is 0. The molecule has 2 rings (SSSR count). The minimum atomic E-state index is -0.00472. The van der Waals surface area contributed by atoms with Gasteiger partial charge in [0.25, 0.3) is 0 Å². The molecule has 0 aromatic heterocycles. The molecule has 2 aromatic carbocycles. The summed E-state index contributed by atoms with van der Waals surface area (Å²) in [6.07, 6.45) is 0. The van der Waals surface area contributed by atoms with E-state index in [0.29, 0.717) is 0 Å². The van der Waals surface area contributed by atoms with Gasteiger partial charge in [-0.3, -0.25) is 0 Å². The van der Waals surface area contributed by atoms with Crippen molar-refractivity contribution in [2.24, 2.45) is 0 Å². The predicted octanol–water partition coefficient (Wildman–Crippen LogP) is 5.23. The Morgan fingerprint density at radius 2 is 1.45 bits per heavy atom. The van der Waals surface area contributed by atoms with E-state index in [2.05, 4.69) is 37.4 Å². The topological polar surface area (TPSA) is 12.0 Å². The molecule has 20 heavy (non-hydrogen) atoms. The van der Waals surface area contributed by atoms with Gasteiger partial charge in [-0.15, -0.1) is 0 Å². The largest absolute Gasteiger partial charge is 0.309 e. The SMILES string of the molecule is CNC(c1ccc(C)cc1Cl)c1cc(C)c(C)cc1Cl. The zero-order valence-electron chi connectivity index (χ0n) is 12.2. The fraction of sp³-hybridized carbons (Fsp3) is 0.294. The van der Waals surface area contributed by atoms with Crippen LogP contribution >= 0.6 is 23.2 Å². The third-order valence-corrected chi connectivity index (χ3v) is 4.33. The molecule has 0 amide bonds. The minimum absolute atomic E-state index is 0.00472. The number of rotatable bonds is 3. The quantitative estimate of drug-likeness (QED) is 0.819. The summed E-state index contributed by atoms with van der Waals surface area (Å²) in [4.78, 5) is 0. The Morgan fingerprint density at radius 3 is 2.05 bits per heavy atom. The van der Waals surface area contributed by atoms with Crippen LogP contribution in [-0.2, 0) is 0 Å². The minimum Gasteiger partial charge on any atom is -0.309 e. The molecule has 0 aliphatic rings. The van der Waals surface area contributed by atoms with Gasteiger partial charge in [-0.1, -0.05) is 41.4 Å². The van der Waals surface area contributed by atoms with Gasteiger partial charge in [0, 0.05) is 10.0 Å². The molecule has 1 atom stereocenters. The van der Waals surface area contributed by atoms with Crippen LogP contribution in [-0.4, -0.2) is 7.05 Å². The van der Waals surface area contributed by atoms with Crippen molar-refractivity contribution in [1.82, 2.24) is 5.32 Å². The Hall–Kier alpha value is -1.02. The molecule has 0 aliphatic carbocycles. The number of halogens is 2. The van der Waals surface area contributed by atoms with Gasteiger partial charge < -0.3 is 5.32 Å². The van der Waals surface area contributed by atoms with Crippen LogP contribution < -0.4 is 5.32 Å². The van der Waals surface area contributed by atoms with Crippen LogP contribution in [0.5, 0.6) is 0 Å². The highest BCUT2D eigenvalue weighted by Gasteiger charge is 2.18. The fourth-order valence-corrected chi connectivity index (χ4v) is 3.04. The first kappa shape index (κ1) is 15.4. The molecule has 0 saturated carbocycles. The molecule has 2 aromatic rings. The highest BCUT2D eigenvalue weighted by molar-refractivity contribution is 6.32. The summed E-state index contributed by atoms with van der Waals surface area (Å²) >= 11 is 12.8. The molecule has 0 heterocycles. The van der Waals surface area contributed by atoms with Gasteiger partial charge in [0.2, 0.25) is 0 Å². The van der Waals surface area contributed by atoms with Gasteiger partial charge in [-0.2, -0.15) is 0 Å². The Bertz CT molecular complexity index is 635. The molecule has 0 fully saturated rings. The van der Waals surface area contributed by atoms with Gasteiger partial charge in [-0.05, 0) is 67.8 Å². The molecular weight excluding hydrogens is 289 g/mol. The van der Waals surface area contributed by atoms with E-state index in [0.717, 1.165) is 26.7 Å². The molecule has 0 spiro atoms. The summed E-state index contributed by atoms with van der Waals surface area (Å²) in [6.45, 7) is 6.20. The number of benzene rings is 2. The van der Waals surface area contributed by atoms with Gasteiger partial charge in [0.1, 0.15) is 0 Å². The molecule has 0 radical (unpaired) electrons. The molecule has 1 nitrogen and oxygen atoms in total. The Labute approximate surface area is 130 Å². The second kappa shape index (κ2) is 6.17. The lowest BCUT2D eigenvalue weighted by atomic mass is 9.95. The van der Waals surface area contributed by atoms with Gasteiger partial charge in [0.05, 0.1) is 6.04 Å². The second-order valence-electron chi connectivity index (χ2n) is 5.20. The number of nitrogens with one attached hydrogen (secondary N) is 1. The molecule has 0 saturated heterocycles. The van der Waals surface area contributed by atoms with Crippen LogP contribution in [0.4, 0.5) is 0 Å². The van der Waals surface area contributed by atoms with Gasteiger partial charge in [0.15, 0.2) is 0 Å². The summed E-state index contributed by atoms with van der Waals surface area (Å²) in [6, 6.07) is 10.3. The van der Waals surface area contributed by atoms with Crippen molar-refractivity contribution >= 4 is 23.2 Å². The molecule has 0 aliphatic heterocycles. The Morgan fingerprint density at radius 1 is 0.850 bits per heavy atom. The highest BCUT2D eigenvalue weighted by atomic mass is 35.5. The standard InChI is InChI=1S/C17H19Cl2N/c1-10-5-6-13(15(18)7-10)17(20-4)14-8-11(2)12(3)9-16(14)19/h5-9,17,20H,1-4H3. The number of hydrogen-bond acceptors (Lipinski definition) is 1. The molecule has 106 valence electrons. The number of aryl methyl sites for hydroxylation is 3. The van der Waals surface area contributed by atoms with Crippen molar-refractivity contribution in [2.75, 3.05) is 7.05 Å². The van der Waals surface area contributed by atoms with E-state index in [1.807, 2.05) is 26.1 Å². The maximum absolute atomic E-state index is 6.43. The zero-order valence-corrected chi connectivity index (χ0v) is 13.7. The normalized spacial score (nSPS) is 12.5. The molecule has 1 N–H and O–H groups in total. The van der Waals surface area contributed by atoms with Crippen molar-refractivity contribution in [3.8, 4) is 0 Å². The highest BCUT2D eigenvalue weighted by Crippen LogP contribution is 2.34. The Balaban J connectivity index is 2.55. The summed E-state index contributed by atoms with van der Waals surface area (Å²) in [5, 5.41) is 4.84. The average Bonchev–Trinajstić information content (AvgIpc) is 2.38. The second-order valence-corrected chi connectivity index (χ2v) is 6.02. The Kier molecular flexibility index (Phi) is 4.74. The summed E-state index contributed by atoms with van der Waals surface area (Å²) in [5.41, 5.74) is 5.68. The molecule has 3 heteroatoms. The lowest BCUT2D eigenvalue weighted by molar-refractivity contribution is 0.691. The van der Waals surface area contributed by atoms with E-state index in [-0.39, 0.29) is 6.04 Å². The lowest BCUT2D eigenvalue weighted by Gasteiger charge is -2.21. The summed E-state index contributed by atoms with van der Waals surface area (Å²) in [7, 11) is 1.92. The van der Waals surface area contributed by atoms with Crippen molar-refractivity contribution in [2.45, 2.75) is 26.8 Å². The van der Waals surface area contributed by atoms with Crippen LogP contribution in [0.2, 0.25) is 10.0 Å². The van der Waals surface area contributed by atoms with Crippen molar-refractivity contribution in [3.63, 3.8) is 0 Å². The first-order valence-corrected chi connectivity index (χ1v) is 7.39. The molecule has 0 bridgehead atoms. The molecule has 1 unspecified atom stereocenters. The van der Waals surface area contributed by atoms with E-state index >= 15 is 0 Å². The van der Waals surface area contributed by atoms with Crippen LogP contribution in [0.3, 0.4) is 0 Å². The van der Waals surface area contributed by atoms with E-state index in [9.17, 15) is 0 Å². The van der Waals surface area contributed by atoms with Crippen molar-refractivity contribution < 1.29 is 0 Å². The average molecular weight is 308 g/mol. The zero-order chi connectivity index (χ0) is 14.9. The first-order chi connectivity index (χ1) is 9.43. The number of hydrogen-bond donors (Lipinski definition) is 1. The monoisotopic (exact) mass is 307 g/mol. The third-order valence-electron chi connectivity index (χ3n) is 3.68. The fourth-order valence-electron chi connectivity index (χ4n) is 2.37. The third kappa shape index (κ3) is 3.01. The van der Waals surface area contributed by atoms with Crippen LogP contribution in [0, 0.1) is 20.8 Å². The van der Waals surface area contributed by atoms with E-state index in [4.69, 9.17) is 23.2 Å². The summed E-state index contributed by atoms with van der Waals surface area (Å²) in [5.74, 6) is 0. The van der Waals surface area contributed by atoms with Crippen molar-refractivity contribution in [1.29, 1.82) is 0 Å². The molecular formula is C17H19Cl2N. The predicted molar refractivity (Wildman–Crippen MR) is 88.0 cm³/mol. The van der Waals surface area contributed by atoms with Crippen LogP contribution in [0.25, 0.3) is 0 Å². The van der Waals surface area contributed by atoms with Gasteiger partial charge >= 0.3 is 0 Å².